The molecule has 1 heterocycles. The van der Waals surface area contributed by atoms with Crippen LogP contribution in [0.4, 0.5) is 0 Å². The molecule has 0 amide bonds. The summed E-state index contributed by atoms with van der Waals surface area (Å²) in [7, 11) is 1.63. The van der Waals surface area contributed by atoms with Crippen molar-refractivity contribution in [1.29, 1.82) is 0 Å². The molecule has 2 aromatic rings. The number of rotatable bonds is 2. The number of halogens is 2. The van der Waals surface area contributed by atoms with E-state index in [0.29, 0.717) is 10.0 Å². The van der Waals surface area contributed by atoms with Crippen LogP contribution in [0, 0.1) is 6.92 Å². The van der Waals surface area contributed by atoms with Crippen LogP contribution in [0.25, 0.3) is 11.3 Å². The van der Waals surface area contributed by atoms with Crippen molar-refractivity contribution in [2.75, 3.05) is 7.11 Å². The lowest BCUT2D eigenvalue weighted by Gasteiger charge is -2.11. The van der Waals surface area contributed by atoms with Crippen LogP contribution in [0.3, 0.4) is 0 Å². The van der Waals surface area contributed by atoms with Crippen molar-refractivity contribution in [3.05, 3.63) is 46.1 Å². The fraction of sp³-hybridized carbons (Fsp3) is 0.154. The summed E-state index contributed by atoms with van der Waals surface area (Å²) in [5.41, 5.74) is 2.41. The Balaban J connectivity index is 2.69. The summed E-state index contributed by atoms with van der Waals surface area (Å²) >= 11 is 12.3. The first kappa shape index (κ1) is 12.2. The maximum Gasteiger partial charge on any atom is 0.125 e. The molecule has 0 radical (unpaired) electrons. The zero-order valence-electron chi connectivity index (χ0n) is 9.50. The third-order valence-corrected chi connectivity index (χ3v) is 3.20. The van der Waals surface area contributed by atoms with Gasteiger partial charge in [0, 0.05) is 17.3 Å². The normalized spacial score (nSPS) is 10.4. The van der Waals surface area contributed by atoms with E-state index in [9.17, 15) is 0 Å². The van der Waals surface area contributed by atoms with E-state index in [0.717, 1.165) is 22.6 Å². The van der Waals surface area contributed by atoms with Gasteiger partial charge in [0.15, 0.2) is 0 Å². The number of benzene rings is 1. The molecule has 0 spiro atoms. The SMILES string of the molecule is COc1ccnc(-c2c(Cl)cccc2Cl)c1C. The second-order valence-corrected chi connectivity index (χ2v) is 4.40. The molecule has 0 aliphatic rings. The molecular formula is C13H11Cl2NO. The van der Waals surface area contributed by atoms with Crippen LogP contribution in [0.1, 0.15) is 5.56 Å². The van der Waals surface area contributed by atoms with Crippen molar-refractivity contribution in [3.8, 4) is 17.0 Å². The van der Waals surface area contributed by atoms with Crippen molar-refractivity contribution in [3.63, 3.8) is 0 Å². The number of methoxy groups -OCH3 is 1. The van der Waals surface area contributed by atoms with Crippen LogP contribution in [-0.2, 0) is 0 Å². The van der Waals surface area contributed by atoms with Crippen LogP contribution >= 0.6 is 23.2 Å². The largest absolute Gasteiger partial charge is 0.496 e. The van der Waals surface area contributed by atoms with E-state index < -0.39 is 0 Å². The topological polar surface area (TPSA) is 22.1 Å². The molecule has 4 heteroatoms. The number of pyridine rings is 1. The molecule has 1 aromatic heterocycles. The minimum atomic E-state index is 0.585. The van der Waals surface area contributed by atoms with Crippen molar-refractivity contribution in [2.24, 2.45) is 0 Å². The first-order chi connectivity index (χ1) is 8.15. The van der Waals surface area contributed by atoms with Crippen LogP contribution in [-0.4, -0.2) is 12.1 Å². The predicted molar refractivity (Wildman–Crippen MR) is 71.0 cm³/mol. The average molecular weight is 268 g/mol. The summed E-state index contributed by atoms with van der Waals surface area (Å²) in [6, 6.07) is 7.21. The molecule has 0 bridgehead atoms. The number of ether oxygens (including phenoxy) is 1. The van der Waals surface area contributed by atoms with E-state index >= 15 is 0 Å². The van der Waals surface area contributed by atoms with Gasteiger partial charge in [-0.2, -0.15) is 0 Å². The molecule has 0 fully saturated rings. The van der Waals surface area contributed by atoms with Gasteiger partial charge in [0.1, 0.15) is 5.75 Å². The van der Waals surface area contributed by atoms with Crippen LogP contribution < -0.4 is 4.74 Å². The predicted octanol–water partition coefficient (Wildman–Crippen LogP) is 4.37. The molecule has 0 saturated heterocycles. The summed E-state index contributed by atoms with van der Waals surface area (Å²) in [6.45, 7) is 1.93. The second kappa shape index (κ2) is 4.94. The lowest BCUT2D eigenvalue weighted by atomic mass is 10.1. The molecule has 0 saturated carbocycles. The van der Waals surface area contributed by atoms with Gasteiger partial charge in [-0.05, 0) is 25.1 Å². The monoisotopic (exact) mass is 267 g/mol. The Kier molecular flexibility index (Phi) is 3.55. The first-order valence-electron chi connectivity index (χ1n) is 5.09. The number of hydrogen-bond donors (Lipinski definition) is 0. The Morgan fingerprint density at radius 3 is 2.35 bits per heavy atom. The Morgan fingerprint density at radius 2 is 1.76 bits per heavy atom. The third kappa shape index (κ3) is 2.24. The van der Waals surface area contributed by atoms with Gasteiger partial charge in [-0.15, -0.1) is 0 Å². The molecule has 0 aliphatic carbocycles. The van der Waals surface area contributed by atoms with Crippen LogP contribution in [0.2, 0.25) is 10.0 Å². The van der Waals surface area contributed by atoms with Gasteiger partial charge < -0.3 is 4.74 Å². The number of aromatic nitrogens is 1. The highest BCUT2D eigenvalue weighted by molar-refractivity contribution is 6.39. The minimum Gasteiger partial charge on any atom is -0.496 e. The minimum absolute atomic E-state index is 0.585. The first-order valence-corrected chi connectivity index (χ1v) is 5.84. The van der Waals surface area contributed by atoms with Crippen molar-refractivity contribution in [2.45, 2.75) is 6.92 Å². The van der Waals surface area contributed by atoms with Gasteiger partial charge in [-0.3, -0.25) is 4.98 Å². The van der Waals surface area contributed by atoms with E-state index in [1.54, 1.807) is 25.4 Å². The Bertz CT molecular complexity index is 535. The Hall–Kier alpha value is -1.25. The molecule has 0 N–H and O–H groups in total. The molecule has 1 aromatic carbocycles. The highest BCUT2D eigenvalue weighted by atomic mass is 35.5. The van der Waals surface area contributed by atoms with Gasteiger partial charge in [0.25, 0.3) is 0 Å². The van der Waals surface area contributed by atoms with Crippen molar-refractivity contribution < 1.29 is 4.74 Å². The Labute approximate surface area is 110 Å². The summed E-state index contributed by atoms with van der Waals surface area (Å²) in [4.78, 5) is 4.33. The standard InChI is InChI=1S/C13H11Cl2NO/c1-8-11(17-2)6-7-16-13(8)12-9(14)4-3-5-10(12)15/h3-7H,1-2H3. The maximum atomic E-state index is 6.17. The lowest BCUT2D eigenvalue weighted by molar-refractivity contribution is 0.411. The average Bonchev–Trinajstić information content (AvgIpc) is 2.31. The molecule has 2 nitrogen and oxygen atoms in total. The molecule has 17 heavy (non-hydrogen) atoms. The number of nitrogens with zero attached hydrogens (tertiary/aromatic N) is 1. The summed E-state index contributed by atoms with van der Waals surface area (Å²) in [6.07, 6.45) is 1.68. The van der Waals surface area contributed by atoms with Gasteiger partial charge in [0.2, 0.25) is 0 Å². The van der Waals surface area contributed by atoms with Crippen molar-refractivity contribution in [1.82, 2.24) is 4.98 Å². The lowest BCUT2D eigenvalue weighted by Crippen LogP contribution is -1.94. The molecule has 0 atom stereocenters. The van der Waals surface area contributed by atoms with Crippen LogP contribution in [0.15, 0.2) is 30.5 Å². The summed E-state index contributed by atoms with van der Waals surface area (Å²) in [5, 5.41) is 1.17. The maximum absolute atomic E-state index is 6.17. The molecule has 88 valence electrons. The van der Waals surface area contributed by atoms with E-state index in [-0.39, 0.29) is 0 Å². The van der Waals surface area contributed by atoms with Gasteiger partial charge in [-0.25, -0.2) is 0 Å². The van der Waals surface area contributed by atoms with Gasteiger partial charge in [-0.1, -0.05) is 29.3 Å². The highest BCUT2D eigenvalue weighted by Gasteiger charge is 2.14. The zero-order valence-corrected chi connectivity index (χ0v) is 11.0. The molecule has 0 aliphatic heterocycles. The van der Waals surface area contributed by atoms with E-state index in [1.165, 1.54) is 0 Å². The quantitative estimate of drug-likeness (QED) is 0.806. The third-order valence-electron chi connectivity index (χ3n) is 2.57. The van der Waals surface area contributed by atoms with E-state index in [2.05, 4.69) is 4.98 Å². The summed E-state index contributed by atoms with van der Waals surface area (Å²) < 4.78 is 5.26. The van der Waals surface area contributed by atoms with E-state index in [1.807, 2.05) is 19.1 Å². The van der Waals surface area contributed by atoms with Gasteiger partial charge >= 0.3 is 0 Å². The molecule has 0 unspecified atom stereocenters. The smallest absolute Gasteiger partial charge is 0.125 e. The summed E-state index contributed by atoms with van der Waals surface area (Å²) in [5.74, 6) is 0.769. The van der Waals surface area contributed by atoms with Crippen molar-refractivity contribution >= 4 is 23.2 Å². The Morgan fingerprint density at radius 1 is 1.12 bits per heavy atom. The zero-order chi connectivity index (χ0) is 12.4. The van der Waals surface area contributed by atoms with Crippen LogP contribution in [0.5, 0.6) is 5.75 Å². The number of hydrogen-bond acceptors (Lipinski definition) is 2. The molecular weight excluding hydrogens is 257 g/mol. The fourth-order valence-corrected chi connectivity index (χ4v) is 2.29. The van der Waals surface area contributed by atoms with Gasteiger partial charge in [0.05, 0.1) is 22.8 Å². The highest BCUT2D eigenvalue weighted by Crippen LogP contribution is 2.37. The second-order valence-electron chi connectivity index (χ2n) is 3.58. The molecule has 2 rings (SSSR count). The fourth-order valence-electron chi connectivity index (χ4n) is 1.72. The van der Waals surface area contributed by atoms with E-state index in [4.69, 9.17) is 27.9 Å².